The number of para-hydroxylation sites is 1. The fraction of sp³-hybridized carbons (Fsp3) is 0.464. The van der Waals surface area contributed by atoms with Gasteiger partial charge in [-0.3, -0.25) is 14.4 Å². The Bertz CT molecular complexity index is 1130. The molecule has 2 fully saturated rings. The van der Waals surface area contributed by atoms with Crippen molar-refractivity contribution in [3.63, 3.8) is 0 Å². The van der Waals surface area contributed by atoms with Crippen molar-refractivity contribution in [2.75, 3.05) is 45.4 Å². The molecule has 2 aliphatic heterocycles. The number of hydrogen-bond donors (Lipinski definition) is 1. The van der Waals surface area contributed by atoms with E-state index in [9.17, 15) is 14.4 Å². The number of nitrogens with one attached hydrogen (secondary N) is 1. The summed E-state index contributed by atoms with van der Waals surface area (Å²) >= 11 is 0. The zero-order valence-corrected chi connectivity index (χ0v) is 22.0. The van der Waals surface area contributed by atoms with E-state index >= 15 is 0 Å². The SMILES string of the molecule is CCC(C)NC(=O)CN1CN(c2ccccc2)C2(CCN(C(=O)c3ccc(OC)cc3OC)CC2)C1=O. The van der Waals surface area contributed by atoms with Crippen molar-refractivity contribution in [3.8, 4) is 11.5 Å². The summed E-state index contributed by atoms with van der Waals surface area (Å²) in [6.45, 7) is 5.13. The van der Waals surface area contributed by atoms with Gasteiger partial charge in [-0.25, -0.2) is 0 Å². The number of nitrogens with zero attached hydrogens (tertiary/aromatic N) is 3. The van der Waals surface area contributed by atoms with Gasteiger partial charge in [-0.15, -0.1) is 0 Å². The Morgan fingerprint density at radius 2 is 1.76 bits per heavy atom. The molecule has 2 aliphatic rings. The number of carbonyl (C=O) groups is 3. The average Bonchev–Trinajstić information content (AvgIpc) is 3.19. The molecule has 1 spiro atoms. The number of anilines is 1. The Labute approximate surface area is 218 Å². The van der Waals surface area contributed by atoms with Crippen molar-refractivity contribution >= 4 is 23.4 Å². The highest BCUT2D eigenvalue weighted by Gasteiger charge is 2.54. The summed E-state index contributed by atoms with van der Waals surface area (Å²) < 4.78 is 10.7. The summed E-state index contributed by atoms with van der Waals surface area (Å²) in [6.07, 6.45) is 1.76. The fourth-order valence-corrected chi connectivity index (χ4v) is 5.14. The Morgan fingerprint density at radius 1 is 1.05 bits per heavy atom. The van der Waals surface area contributed by atoms with E-state index in [-0.39, 0.29) is 30.3 Å². The summed E-state index contributed by atoms with van der Waals surface area (Å²) in [5.74, 6) is 0.692. The van der Waals surface area contributed by atoms with Gasteiger partial charge in [-0.1, -0.05) is 25.1 Å². The summed E-state index contributed by atoms with van der Waals surface area (Å²) in [5.41, 5.74) is 0.580. The molecule has 1 unspecified atom stereocenters. The predicted molar refractivity (Wildman–Crippen MR) is 141 cm³/mol. The molecule has 198 valence electrons. The van der Waals surface area contributed by atoms with Crippen molar-refractivity contribution in [2.45, 2.75) is 44.7 Å². The van der Waals surface area contributed by atoms with E-state index in [0.29, 0.717) is 49.7 Å². The second-order valence-corrected chi connectivity index (χ2v) is 9.67. The lowest BCUT2D eigenvalue weighted by Crippen LogP contribution is -2.57. The van der Waals surface area contributed by atoms with Crippen LogP contribution in [-0.2, 0) is 9.59 Å². The zero-order valence-electron chi connectivity index (χ0n) is 22.0. The molecular weight excluding hydrogens is 472 g/mol. The van der Waals surface area contributed by atoms with Gasteiger partial charge >= 0.3 is 0 Å². The lowest BCUT2D eigenvalue weighted by molar-refractivity contribution is -0.137. The third-order valence-electron chi connectivity index (χ3n) is 7.45. The molecule has 2 aromatic rings. The molecule has 2 saturated heterocycles. The van der Waals surface area contributed by atoms with Crippen LogP contribution in [0.5, 0.6) is 11.5 Å². The average molecular weight is 509 g/mol. The summed E-state index contributed by atoms with van der Waals surface area (Å²) in [4.78, 5) is 45.4. The van der Waals surface area contributed by atoms with E-state index in [1.807, 2.05) is 44.2 Å². The first-order chi connectivity index (χ1) is 17.8. The molecule has 1 N–H and O–H groups in total. The van der Waals surface area contributed by atoms with Gasteiger partial charge in [0.2, 0.25) is 5.91 Å². The van der Waals surface area contributed by atoms with E-state index in [1.54, 1.807) is 35.1 Å². The lowest BCUT2D eigenvalue weighted by Gasteiger charge is -2.43. The molecule has 2 heterocycles. The molecule has 9 nitrogen and oxygen atoms in total. The van der Waals surface area contributed by atoms with E-state index in [1.165, 1.54) is 7.11 Å². The molecule has 0 aliphatic carbocycles. The normalized spacial score (nSPS) is 17.6. The van der Waals surface area contributed by atoms with Crippen LogP contribution >= 0.6 is 0 Å². The van der Waals surface area contributed by atoms with Crippen LogP contribution in [-0.4, -0.2) is 79.6 Å². The topological polar surface area (TPSA) is 91.4 Å². The number of hydrogen-bond acceptors (Lipinski definition) is 6. The second-order valence-electron chi connectivity index (χ2n) is 9.67. The highest BCUT2D eigenvalue weighted by Crippen LogP contribution is 2.40. The van der Waals surface area contributed by atoms with Crippen LogP contribution in [0.3, 0.4) is 0 Å². The number of benzene rings is 2. The van der Waals surface area contributed by atoms with E-state index in [4.69, 9.17) is 9.47 Å². The second kappa shape index (κ2) is 11.1. The van der Waals surface area contributed by atoms with Gasteiger partial charge in [0.15, 0.2) is 0 Å². The van der Waals surface area contributed by atoms with E-state index < -0.39 is 5.54 Å². The summed E-state index contributed by atoms with van der Waals surface area (Å²) in [6, 6.07) is 15.0. The van der Waals surface area contributed by atoms with Crippen molar-refractivity contribution in [3.05, 3.63) is 54.1 Å². The molecule has 0 saturated carbocycles. The number of rotatable bonds is 8. The highest BCUT2D eigenvalue weighted by atomic mass is 16.5. The van der Waals surface area contributed by atoms with E-state index in [0.717, 1.165) is 12.1 Å². The third-order valence-corrected chi connectivity index (χ3v) is 7.45. The van der Waals surface area contributed by atoms with Crippen LogP contribution in [0, 0.1) is 0 Å². The fourth-order valence-electron chi connectivity index (χ4n) is 5.14. The molecule has 2 aromatic carbocycles. The number of amides is 3. The quantitative estimate of drug-likeness (QED) is 0.590. The number of likely N-dealkylation sites (tertiary alicyclic amines) is 1. The van der Waals surface area contributed by atoms with Gasteiger partial charge in [-0.05, 0) is 50.5 Å². The first-order valence-electron chi connectivity index (χ1n) is 12.8. The first kappa shape index (κ1) is 26.3. The molecule has 1 atom stereocenters. The van der Waals surface area contributed by atoms with Crippen molar-refractivity contribution in [2.24, 2.45) is 0 Å². The largest absolute Gasteiger partial charge is 0.497 e. The third kappa shape index (κ3) is 5.21. The summed E-state index contributed by atoms with van der Waals surface area (Å²) in [5, 5.41) is 2.96. The standard InChI is InChI=1S/C28H36N4O5/c1-5-20(2)29-25(33)18-31-19-32(21-9-7-6-8-10-21)28(27(31)35)13-15-30(16-14-28)26(34)23-12-11-22(36-3)17-24(23)37-4/h6-12,17,20H,5,13-16,18-19H2,1-4H3,(H,29,33). The smallest absolute Gasteiger partial charge is 0.257 e. The van der Waals surface area contributed by atoms with Gasteiger partial charge in [-0.2, -0.15) is 0 Å². The van der Waals surface area contributed by atoms with Crippen LogP contribution in [0.1, 0.15) is 43.5 Å². The van der Waals surface area contributed by atoms with E-state index in [2.05, 4.69) is 10.2 Å². The summed E-state index contributed by atoms with van der Waals surface area (Å²) in [7, 11) is 3.09. The monoisotopic (exact) mass is 508 g/mol. The molecule has 0 bridgehead atoms. The minimum atomic E-state index is -0.807. The Morgan fingerprint density at radius 3 is 2.38 bits per heavy atom. The molecular formula is C28H36N4O5. The van der Waals surface area contributed by atoms with Gasteiger partial charge in [0.25, 0.3) is 11.8 Å². The maximum atomic E-state index is 13.8. The van der Waals surface area contributed by atoms with Crippen molar-refractivity contribution in [1.29, 1.82) is 0 Å². The molecule has 3 amide bonds. The maximum Gasteiger partial charge on any atom is 0.257 e. The number of carbonyl (C=O) groups excluding carboxylic acids is 3. The Balaban J connectivity index is 1.54. The molecule has 0 aromatic heterocycles. The minimum Gasteiger partial charge on any atom is -0.497 e. The maximum absolute atomic E-state index is 13.8. The number of piperidine rings is 1. The number of methoxy groups -OCH3 is 2. The first-order valence-corrected chi connectivity index (χ1v) is 12.8. The molecule has 0 radical (unpaired) electrons. The zero-order chi connectivity index (χ0) is 26.6. The lowest BCUT2D eigenvalue weighted by atomic mass is 9.85. The van der Waals surface area contributed by atoms with Crippen LogP contribution < -0.4 is 19.7 Å². The van der Waals surface area contributed by atoms with Gasteiger partial charge < -0.3 is 29.5 Å². The Hall–Kier alpha value is -3.75. The molecule has 9 heteroatoms. The van der Waals surface area contributed by atoms with Crippen LogP contribution in [0.25, 0.3) is 0 Å². The molecule has 4 rings (SSSR count). The predicted octanol–water partition coefficient (Wildman–Crippen LogP) is 2.90. The Kier molecular flexibility index (Phi) is 7.90. The number of ether oxygens (including phenoxy) is 2. The minimum absolute atomic E-state index is 0.0138. The van der Waals surface area contributed by atoms with Gasteiger partial charge in [0.05, 0.1) is 26.5 Å². The van der Waals surface area contributed by atoms with Gasteiger partial charge in [0, 0.05) is 30.9 Å². The molecule has 37 heavy (non-hydrogen) atoms. The van der Waals surface area contributed by atoms with Crippen molar-refractivity contribution in [1.82, 2.24) is 15.1 Å². The highest BCUT2D eigenvalue weighted by molar-refractivity contribution is 5.99. The van der Waals surface area contributed by atoms with Crippen LogP contribution in [0.4, 0.5) is 5.69 Å². The van der Waals surface area contributed by atoms with Crippen molar-refractivity contribution < 1.29 is 23.9 Å². The van der Waals surface area contributed by atoms with Gasteiger partial charge in [0.1, 0.15) is 23.6 Å². The van der Waals surface area contributed by atoms with Crippen LogP contribution in [0.15, 0.2) is 48.5 Å². The van der Waals surface area contributed by atoms with Crippen LogP contribution in [0.2, 0.25) is 0 Å².